The van der Waals surface area contributed by atoms with Crippen molar-refractivity contribution in [3.8, 4) is 0 Å². The molecule has 0 amide bonds. The minimum atomic E-state index is -4.24. The van der Waals surface area contributed by atoms with E-state index in [-0.39, 0.29) is 18.4 Å². The second-order valence-electron chi connectivity index (χ2n) is 5.25. The van der Waals surface area contributed by atoms with Crippen LogP contribution < -0.4 is 10.6 Å². The van der Waals surface area contributed by atoms with Crippen LogP contribution in [0.15, 0.2) is 4.99 Å². The van der Waals surface area contributed by atoms with Gasteiger partial charge in [-0.15, -0.1) is 0 Å². The third-order valence-electron chi connectivity index (χ3n) is 3.26. The number of rotatable bonds is 5. The van der Waals surface area contributed by atoms with Gasteiger partial charge in [-0.3, -0.25) is 9.89 Å². The Labute approximate surface area is 124 Å². The fraction of sp³-hybridized carbons (Fsp3) is 0.917. The van der Waals surface area contributed by atoms with Crippen LogP contribution in [0.5, 0.6) is 0 Å². The van der Waals surface area contributed by atoms with Gasteiger partial charge in [-0.05, 0) is 18.9 Å². The summed E-state index contributed by atoms with van der Waals surface area (Å²) in [6.07, 6.45) is -8.81. The lowest BCUT2D eigenvalue weighted by molar-refractivity contribution is -0.143. The first-order chi connectivity index (χ1) is 10.1. The van der Waals surface area contributed by atoms with Crippen molar-refractivity contribution in [2.45, 2.75) is 25.2 Å². The molecule has 1 aliphatic rings. The highest BCUT2D eigenvalue weighted by atomic mass is 19.4. The fourth-order valence-electron chi connectivity index (χ4n) is 2.26. The van der Waals surface area contributed by atoms with Gasteiger partial charge in [0.1, 0.15) is 0 Å². The number of aliphatic imine (C=N–C) groups is 1. The number of nitrogens with zero attached hydrogens (tertiary/aromatic N) is 2. The van der Waals surface area contributed by atoms with Gasteiger partial charge >= 0.3 is 12.4 Å². The summed E-state index contributed by atoms with van der Waals surface area (Å²) in [7, 11) is 1.42. The van der Waals surface area contributed by atoms with Crippen LogP contribution in [0.1, 0.15) is 12.8 Å². The lowest BCUT2D eigenvalue weighted by atomic mass is 10.1. The second-order valence-corrected chi connectivity index (χ2v) is 5.25. The average molecular weight is 334 g/mol. The summed E-state index contributed by atoms with van der Waals surface area (Å²) in [5.74, 6) is 0.238. The molecular formula is C12H20F6N4. The van der Waals surface area contributed by atoms with E-state index in [9.17, 15) is 26.3 Å². The largest absolute Gasteiger partial charge is 0.401 e. The van der Waals surface area contributed by atoms with Crippen LogP contribution >= 0.6 is 0 Å². The van der Waals surface area contributed by atoms with E-state index in [1.54, 1.807) is 0 Å². The highest BCUT2D eigenvalue weighted by Crippen LogP contribution is 2.22. The van der Waals surface area contributed by atoms with Crippen LogP contribution in [-0.2, 0) is 0 Å². The predicted octanol–water partition coefficient (Wildman–Crippen LogP) is 1.99. The Bertz CT molecular complexity index is 366. The molecule has 1 heterocycles. The first kappa shape index (κ1) is 18.9. The van der Waals surface area contributed by atoms with Gasteiger partial charge < -0.3 is 10.6 Å². The van der Waals surface area contributed by atoms with Crippen molar-refractivity contribution in [1.29, 1.82) is 0 Å². The highest BCUT2D eigenvalue weighted by molar-refractivity contribution is 5.79. The molecule has 1 atom stereocenters. The number of nitrogens with one attached hydrogen (secondary N) is 2. The van der Waals surface area contributed by atoms with Crippen molar-refractivity contribution < 1.29 is 26.3 Å². The van der Waals surface area contributed by atoms with Crippen molar-refractivity contribution in [1.82, 2.24) is 15.5 Å². The molecule has 0 aliphatic carbocycles. The third kappa shape index (κ3) is 8.30. The molecule has 2 N–H and O–H groups in total. The molecule has 0 aromatic rings. The molecule has 0 aromatic heterocycles. The molecule has 22 heavy (non-hydrogen) atoms. The predicted molar refractivity (Wildman–Crippen MR) is 70.6 cm³/mol. The van der Waals surface area contributed by atoms with Crippen molar-refractivity contribution in [3.63, 3.8) is 0 Å². The molecule has 0 saturated carbocycles. The summed E-state index contributed by atoms with van der Waals surface area (Å²) in [5.41, 5.74) is 0. The molecule has 10 heteroatoms. The van der Waals surface area contributed by atoms with Crippen LogP contribution in [0, 0.1) is 5.92 Å². The van der Waals surface area contributed by atoms with E-state index in [1.165, 1.54) is 11.9 Å². The first-order valence-electron chi connectivity index (χ1n) is 6.89. The average Bonchev–Trinajstić information content (AvgIpc) is 2.77. The monoisotopic (exact) mass is 334 g/mol. The number of hydrogen-bond donors (Lipinski definition) is 2. The molecule has 1 saturated heterocycles. The van der Waals surface area contributed by atoms with Crippen LogP contribution in [0.3, 0.4) is 0 Å². The lowest BCUT2D eigenvalue weighted by Crippen LogP contribution is -2.41. The molecule has 1 fully saturated rings. The van der Waals surface area contributed by atoms with Gasteiger partial charge in [0.25, 0.3) is 0 Å². The van der Waals surface area contributed by atoms with Crippen molar-refractivity contribution in [3.05, 3.63) is 0 Å². The van der Waals surface area contributed by atoms with Crippen molar-refractivity contribution >= 4 is 5.96 Å². The fourth-order valence-corrected chi connectivity index (χ4v) is 2.26. The summed E-state index contributed by atoms with van der Waals surface area (Å²) in [4.78, 5) is 5.11. The maximum Gasteiger partial charge on any atom is 0.401 e. The Morgan fingerprint density at radius 1 is 1.14 bits per heavy atom. The minimum Gasteiger partial charge on any atom is -0.356 e. The van der Waals surface area contributed by atoms with Crippen LogP contribution in [0.2, 0.25) is 0 Å². The number of halogens is 6. The van der Waals surface area contributed by atoms with E-state index < -0.39 is 25.3 Å². The normalized spacial score (nSPS) is 21.2. The summed E-state index contributed by atoms with van der Waals surface area (Å²) in [5, 5.41) is 5.37. The van der Waals surface area contributed by atoms with Gasteiger partial charge in [-0.2, -0.15) is 26.3 Å². The summed E-state index contributed by atoms with van der Waals surface area (Å²) in [6.45, 7) is -0.172. The minimum absolute atomic E-state index is 0.0171. The van der Waals surface area contributed by atoms with Gasteiger partial charge in [0.05, 0.1) is 13.0 Å². The summed E-state index contributed by atoms with van der Waals surface area (Å²) in [6, 6.07) is 0. The molecule has 0 radical (unpaired) electrons. The van der Waals surface area contributed by atoms with Crippen molar-refractivity contribution in [2.75, 3.05) is 39.8 Å². The Morgan fingerprint density at radius 2 is 1.82 bits per heavy atom. The van der Waals surface area contributed by atoms with Gasteiger partial charge in [0.2, 0.25) is 0 Å². The second kappa shape index (κ2) is 7.89. The molecule has 0 bridgehead atoms. The van der Waals surface area contributed by atoms with Gasteiger partial charge in [-0.1, -0.05) is 0 Å². The molecular weight excluding hydrogens is 314 g/mol. The van der Waals surface area contributed by atoms with Crippen molar-refractivity contribution in [2.24, 2.45) is 10.9 Å². The van der Waals surface area contributed by atoms with Gasteiger partial charge in [-0.25, -0.2) is 0 Å². The standard InChI is InChI=1S/C12H20F6N4/c1-19-10(20-4-3-11(13,14)15)21-6-9-2-5-22(7-9)8-12(16,17)18/h9H,2-8H2,1H3,(H2,19,20,21). The summed E-state index contributed by atoms with van der Waals surface area (Å²) < 4.78 is 72.8. The molecule has 0 aromatic carbocycles. The van der Waals surface area contributed by atoms with E-state index in [0.29, 0.717) is 26.1 Å². The maximum absolute atomic E-state index is 12.3. The van der Waals surface area contributed by atoms with E-state index in [4.69, 9.17) is 0 Å². The smallest absolute Gasteiger partial charge is 0.356 e. The SMILES string of the molecule is CN=C(NCCC(F)(F)F)NCC1CCN(CC(F)(F)F)C1. The molecule has 1 unspecified atom stereocenters. The third-order valence-corrected chi connectivity index (χ3v) is 3.26. The Kier molecular flexibility index (Phi) is 6.76. The van der Waals surface area contributed by atoms with E-state index >= 15 is 0 Å². The summed E-state index contributed by atoms with van der Waals surface area (Å²) >= 11 is 0. The maximum atomic E-state index is 12.3. The van der Waals surface area contributed by atoms with Crippen LogP contribution in [0.25, 0.3) is 0 Å². The van der Waals surface area contributed by atoms with Gasteiger partial charge in [0.15, 0.2) is 5.96 Å². The molecule has 1 rings (SSSR count). The zero-order valence-electron chi connectivity index (χ0n) is 12.2. The van der Waals surface area contributed by atoms with Crippen LogP contribution in [-0.4, -0.2) is 63.0 Å². The zero-order chi connectivity index (χ0) is 16.8. The molecule has 1 aliphatic heterocycles. The number of hydrogen-bond acceptors (Lipinski definition) is 2. The van der Waals surface area contributed by atoms with E-state index in [1.807, 2.05) is 0 Å². The van der Waals surface area contributed by atoms with Gasteiger partial charge in [0, 0.05) is 26.7 Å². The lowest BCUT2D eigenvalue weighted by Gasteiger charge is -2.18. The molecule has 0 spiro atoms. The molecule has 4 nitrogen and oxygen atoms in total. The number of guanidine groups is 1. The highest BCUT2D eigenvalue weighted by Gasteiger charge is 2.34. The quantitative estimate of drug-likeness (QED) is 0.459. The van der Waals surface area contributed by atoms with E-state index in [0.717, 1.165) is 0 Å². The Balaban J connectivity index is 2.25. The first-order valence-corrected chi connectivity index (χ1v) is 6.89. The van der Waals surface area contributed by atoms with Crippen LogP contribution in [0.4, 0.5) is 26.3 Å². The van der Waals surface area contributed by atoms with E-state index in [2.05, 4.69) is 15.6 Å². The number of likely N-dealkylation sites (tertiary alicyclic amines) is 1. The molecule has 130 valence electrons. The topological polar surface area (TPSA) is 39.7 Å². The number of alkyl halides is 6. The Hall–Kier alpha value is -1.19. The zero-order valence-corrected chi connectivity index (χ0v) is 12.2. The Morgan fingerprint density at radius 3 is 2.36 bits per heavy atom.